The molecule has 8 nitrogen and oxygen atoms in total. The predicted octanol–water partition coefficient (Wildman–Crippen LogP) is 6.12. The number of methoxy groups -OCH3 is 1. The molecule has 0 bridgehead atoms. The van der Waals surface area contributed by atoms with Crippen molar-refractivity contribution in [3.05, 3.63) is 126 Å². The van der Waals surface area contributed by atoms with Gasteiger partial charge >= 0.3 is 0 Å². The highest BCUT2D eigenvalue weighted by atomic mass is 32.2. The molecular formula is C37H40FN3O5S. The number of hydrogen-bond donors (Lipinski definition) is 1. The van der Waals surface area contributed by atoms with Crippen molar-refractivity contribution in [3.63, 3.8) is 0 Å². The molecule has 0 aliphatic heterocycles. The highest BCUT2D eigenvalue weighted by Crippen LogP contribution is 2.32. The second kappa shape index (κ2) is 15.7. The monoisotopic (exact) mass is 657 g/mol. The molecule has 4 aromatic carbocycles. The summed E-state index contributed by atoms with van der Waals surface area (Å²) in [6, 6.07) is 28.6. The van der Waals surface area contributed by atoms with Crippen LogP contribution in [0.25, 0.3) is 0 Å². The lowest BCUT2D eigenvalue weighted by Gasteiger charge is -2.35. The second-order valence-electron chi connectivity index (χ2n) is 11.7. The van der Waals surface area contributed by atoms with E-state index in [1.807, 2.05) is 30.3 Å². The smallest absolute Gasteiger partial charge is 0.264 e. The average Bonchev–Trinajstić information content (AvgIpc) is 3.10. The number of amides is 2. The van der Waals surface area contributed by atoms with Crippen LogP contribution in [0.5, 0.6) is 5.75 Å². The van der Waals surface area contributed by atoms with E-state index < -0.39 is 34.3 Å². The zero-order valence-corrected chi connectivity index (χ0v) is 27.2. The fraction of sp³-hybridized carbons (Fsp3) is 0.297. The maximum atomic E-state index is 14.6. The number of carbonyl (C=O) groups is 2. The van der Waals surface area contributed by atoms with Crippen LogP contribution in [0.4, 0.5) is 10.1 Å². The van der Waals surface area contributed by atoms with Gasteiger partial charge in [-0.3, -0.25) is 13.9 Å². The normalized spacial score (nSPS) is 14.2. The number of anilines is 1. The van der Waals surface area contributed by atoms with Crippen molar-refractivity contribution < 1.29 is 27.1 Å². The summed E-state index contributed by atoms with van der Waals surface area (Å²) in [5.41, 5.74) is 1.62. The Morgan fingerprint density at radius 2 is 1.45 bits per heavy atom. The highest BCUT2D eigenvalue weighted by Gasteiger charge is 2.36. The average molecular weight is 658 g/mol. The van der Waals surface area contributed by atoms with E-state index >= 15 is 0 Å². The maximum Gasteiger partial charge on any atom is 0.264 e. The Kier molecular flexibility index (Phi) is 11.3. The van der Waals surface area contributed by atoms with Gasteiger partial charge in [0.05, 0.1) is 17.7 Å². The van der Waals surface area contributed by atoms with E-state index in [1.54, 1.807) is 54.6 Å². The molecule has 5 rings (SSSR count). The Bertz CT molecular complexity index is 1730. The molecule has 1 aliphatic rings. The lowest BCUT2D eigenvalue weighted by molar-refractivity contribution is -0.140. The Hall–Kier alpha value is -4.70. The van der Waals surface area contributed by atoms with Gasteiger partial charge in [0, 0.05) is 19.0 Å². The van der Waals surface area contributed by atoms with Crippen molar-refractivity contribution in [2.45, 2.75) is 62.0 Å². The third-order valence-corrected chi connectivity index (χ3v) is 10.2. The van der Waals surface area contributed by atoms with Gasteiger partial charge in [0.2, 0.25) is 11.8 Å². The van der Waals surface area contributed by atoms with Crippen molar-refractivity contribution in [2.75, 3.05) is 18.0 Å². The van der Waals surface area contributed by atoms with Crippen LogP contribution >= 0.6 is 0 Å². The van der Waals surface area contributed by atoms with E-state index in [1.165, 1.54) is 36.3 Å². The molecule has 0 heterocycles. The topological polar surface area (TPSA) is 96.0 Å². The minimum absolute atomic E-state index is 0.000308. The Morgan fingerprint density at radius 3 is 2.11 bits per heavy atom. The molecule has 10 heteroatoms. The number of nitrogens with zero attached hydrogens (tertiary/aromatic N) is 2. The largest absolute Gasteiger partial charge is 0.495 e. The number of para-hydroxylation sites is 2. The fourth-order valence-electron chi connectivity index (χ4n) is 5.95. The lowest BCUT2D eigenvalue weighted by atomic mass is 9.94. The maximum absolute atomic E-state index is 14.6. The first kappa shape index (κ1) is 33.7. The third-order valence-electron chi connectivity index (χ3n) is 8.45. The summed E-state index contributed by atoms with van der Waals surface area (Å²) >= 11 is 0. The number of carbonyl (C=O) groups excluding carboxylic acids is 2. The summed E-state index contributed by atoms with van der Waals surface area (Å²) < 4.78 is 48.8. The van der Waals surface area contributed by atoms with Crippen LogP contribution in [0.15, 0.2) is 114 Å². The van der Waals surface area contributed by atoms with E-state index in [4.69, 9.17) is 4.74 Å². The zero-order valence-electron chi connectivity index (χ0n) is 26.4. The quantitative estimate of drug-likeness (QED) is 0.187. The van der Waals surface area contributed by atoms with Crippen LogP contribution in [0, 0.1) is 5.82 Å². The van der Waals surface area contributed by atoms with Crippen molar-refractivity contribution in [2.24, 2.45) is 0 Å². The zero-order chi connectivity index (χ0) is 33.2. The molecule has 1 unspecified atom stereocenters. The summed E-state index contributed by atoms with van der Waals surface area (Å²) in [6.07, 6.45) is 5.05. The molecule has 47 heavy (non-hydrogen) atoms. The molecule has 2 amide bonds. The Morgan fingerprint density at radius 1 is 0.830 bits per heavy atom. The van der Waals surface area contributed by atoms with Gasteiger partial charge in [-0.1, -0.05) is 92.1 Å². The number of hydrogen-bond acceptors (Lipinski definition) is 5. The number of sulfonamides is 1. The van der Waals surface area contributed by atoms with E-state index in [0.717, 1.165) is 42.0 Å². The summed E-state index contributed by atoms with van der Waals surface area (Å²) in [5.74, 6) is -1.08. The summed E-state index contributed by atoms with van der Waals surface area (Å²) in [5, 5.41) is 3.18. The van der Waals surface area contributed by atoms with Gasteiger partial charge < -0.3 is 15.0 Å². The SMILES string of the molecule is COc1ccccc1N(CC(=O)N(Cc1ccc(F)cc1)C(Cc1ccccc1)C(=O)NC1CCCCC1)S(=O)(=O)c1ccccc1. The van der Waals surface area contributed by atoms with Crippen molar-refractivity contribution >= 4 is 27.5 Å². The van der Waals surface area contributed by atoms with Crippen LogP contribution < -0.4 is 14.4 Å². The van der Waals surface area contributed by atoms with Gasteiger partial charge in [-0.05, 0) is 60.4 Å². The van der Waals surface area contributed by atoms with Gasteiger partial charge in [0.15, 0.2) is 0 Å². The Labute approximate surface area is 276 Å². The third kappa shape index (κ3) is 8.56. The molecule has 1 fully saturated rings. The molecule has 1 N–H and O–H groups in total. The van der Waals surface area contributed by atoms with Gasteiger partial charge in [-0.2, -0.15) is 0 Å². The van der Waals surface area contributed by atoms with Crippen LogP contribution in [0.3, 0.4) is 0 Å². The van der Waals surface area contributed by atoms with E-state index in [0.29, 0.717) is 5.56 Å². The van der Waals surface area contributed by atoms with E-state index in [-0.39, 0.29) is 41.2 Å². The van der Waals surface area contributed by atoms with Gasteiger partial charge in [-0.15, -0.1) is 0 Å². The lowest BCUT2D eigenvalue weighted by Crippen LogP contribution is -2.55. The van der Waals surface area contributed by atoms with Crippen LogP contribution in [-0.4, -0.2) is 50.9 Å². The molecule has 0 spiro atoms. The first-order chi connectivity index (χ1) is 22.8. The van der Waals surface area contributed by atoms with Crippen LogP contribution in [-0.2, 0) is 32.6 Å². The summed E-state index contributed by atoms with van der Waals surface area (Å²) in [4.78, 5) is 30.2. The number of halogens is 1. The van der Waals surface area contributed by atoms with Crippen molar-refractivity contribution in [1.29, 1.82) is 0 Å². The molecule has 0 aromatic heterocycles. The first-order valence-corrected chi connectivity index (χ1v) is 17.3. The summed E-state index contributed by atoms with van der Waals surface area (Å²) in [7, 11) is -2.83. The van der Waals surface area contributed by atoms with E-state index in [9.17, 15) is 22.4 Å². The molecular weight excluding hydrogens is 617 g/mol. The molecule has 246 valence electrons. The van der Waals surface area contributed by atoms with Crippen molar-refractivity contribution in [1.82, 2.24) is 10.2 Å². The minimum atomic E-state index is -4.27. The molecule has 1 saturated carbocycles. The van der Waals surface area contributed by atoms with Crippen LogP contribution in [0.2, 0.25) is 0 Å². The number of benzene rings is 4. The van der Waals surface area contributed by atoms with Crippen LogP contribution in [0.1, 0.15) is 43.2 Å². The minimum Gasteiger partial charge on any atom is -0.495 e. The molecule has 1 aliphatic carbocycles. The van der Waals surface area contributed by atoms with Gasteiger partial charge in [0.1, 0.15) is 24.2 Å². The number of rotatable bonds is 13. The fourth-order valence-corrected chi connectivity index (χ4v) is 7.40. The standard InChI is InChI=1S/C37H40FN3O5S/c1-46-35-20-12-11-19-33(35)41(47(44,45)32-17-9-4-10-18-32)27-36(42)40(26-29-21-23-30(38)24-22-29)34(25-28-13-5-2-6-14-28)37(43)39-31-15-7-3-8-16-31/h2,4-6,9-14,17-24,31,34H,3,7-8,15-16,25-27H2,1H3,(H,39,43). The predicted molar refractivity (Wildman–Crippen MR) is 180 cm³/mol. The number of nitrogens with one attached hydrogen (secondary N) is 1. The summed E-state index contributed by atoms with van der Waals surface area (Å²) in [6.45, 7) is -0.652. The molecule has 0 saturated heterocycles. The second-order valence-corrected chi connectivity index (χ2v) is 13.6. The molecule has 4 aromatic rings. The van der Waals surface area contributed by atoms with E-state index in [2.05, 4.69) is 5.32 Å². The highest BCUT2D eigenvalue weighted by molar-refractivity contribution is 7.92. The molecule has 0 radical (unpaired) electrons. The van der Waals surface area contributed by atoms with Gasteiger partial charge in [-0.25, -0.2) is 12.8 Å². The number of ether oxygens (including phenoxy) is 1. The first-order valence-electron chi connectivity index (χ1n) is 15.9. The van der Waals surface area contributed by atoms with Crippen molar-refractivity contribution in [3.8, 4) is 5.75 Å². The molecule has 1 atom stereocenters. The van der Waals surface area contributed by atoms with Gasteiger partial charge in [0.25, 0.3) is 10.0 Å². The Balaban J connectivity index is 1.57.